The molecule has 0 bridgehead atoms. The minimum atomic E-state index is -0.536. The van der Waals surface area contributed by atoms with E-state index in [1.54, 1.807) is 0 Å². The van der Waals surface area contributed by atoms with E-state index in [1.165, 1.54) is 5.56 Å². The van der Waals surface area contributed by atoms with Crippen molar-refractivity contribution in [3.63, 3.8) is 0 Å². The molecule has 0 saturated carbocycles. The van der Waals surface area contributed by atoms with Crippen LogP contribution in [0.2, 0.25) is 0 Å². The fraction of sp³-hybridized carbons (Fsp3) is 0.273. The van der Waals surface area contributed by atoms with E-state index in [0.29, 0.717) is 11.5 Å². The summed E-state index contributed by atoms with van der Waals surface area (Å²) in [5.41, 5.74) is 2.06. The number of aliphatic hydroxyl groups excluding tert-OH is 1. The number of benzene rings is 1. The summed E-state index contributed by atoms with van der Waals surface area (Å²) in [6.45, 7) is 5.55. The molecule has 1 rings (SSSR count). The van der Waals surface area contributed by atoms with Gasteiger partial charge in [-0.2, -0.15) is 0 Å². The van der Waals surface area contributed by atoms with Crippen molar-refractivity contribution in [3.05, 3.63) is 47.0 Å². The lowest BCUT2D eigenvalue weighted by Crippen LogP contribution is -1.96. The summed E-state index contributed by atoms with van der Waals surface area (Å²) in [4.78, 5) is 0. The van der Waals surface area contributed by atoms with Crippen LogP contribution in [-0.4, -0.2) is 5.11 Å². The molecular weight excluding hydrogens is 184 g/mol. The van der Waals surface area contributed by atoms with Gasteiger partial charge in [0.15, 0.2) is 0 Å². The van der Waals surface area contributed by atoms with Crippen LogP contribution in [0, 0.1) is 6.92 Å². The molecule has 0 heterocycles. The number of hydrogen-bond acceptors (Lipinski definition) is 1. The predicted molar refractivity (Wildman–Crippen MR) is 55.7 cm³/mol. The SMILES string of the molecule is C=C(Cl)CC(O)c1ccc(C)cc1. The van der Waals surface area contributed by atoms with E-state index in [2.05, 4.69) is 6.58 Å². The van der Waals surface area contributed by atoms with Crippen LogP contribution < -0.4 is 0 Å². The van der Waals surface area contributed by atoms with Gasteiger partial charge in [-0.05, 0) is 12.5 Å². The molecule has 0 aliphatic carbocycles. The van der Waals surface area contributed by atoms with Crippen LogP contribution in [0.5, 0.6) is 0 Å². The topological polar surface area (TPSA) is 20.2 Å². The van der Waals surface area contributed by atoms with Crippen LogP contribution in [0.15, 0.2) is 35.9 Å². The minimum Gasteiger partial charge on any atom is -0.388 e. The maximum absolute atomic E-state index is 9.64. The van der Waals surface area contributed by atoms with Crippen molar-refractivity contribution in [2.24, 2.45) is 0 Å². The Balaban J connectivity index is 2.71. The Morgan fingerprint density at radius 3 is 2.46 bits per heavy atom. The summed E-state index contributed by atoms with van der Waals surface area (Å²) >= 11 is 5.60. The van der Waals surface area contributed by atoms with Crippen molar-refractivity contribution in [2.75, 3.05) is 0 Å². The highest BCUT2D eigenvalue weighted by Gasteiger charge is 2.07. The van der Waals surface area contributed by atoms with E-state index in [4.69, 9.17) is 11.6 Å². The molecule has 0 aromatic heterocycles. The Morgan fingerprint density at radius 1 is 1.46 bits per heavy atom. The second-order valence-electron chi connectivity index (χ2n) is 3.15. The standard InChI is InChI=1S/C11H13ClO/c1-8-3-5-10(6-4-8)11(13)7-9(2)12/h3-6,11,13H,2,7H2,1H3. The van der Waals surface area contributed by atoms with Crippen LogP contribution in [-0.2, 0) is 0 Å². The van der Waals surface area contributed by atoms with Gasteiger partial charge in [0.05, 0.1) is 6.10 Å². The zero-order chi connectivity index (χ0) is 9.84. The Labute approximate surface area is 83.7 Å². The number of rotatable bonds is 3. The smallest absolute Gasteiger partial charge is 0.0838 e. The summed E-state index contributed by atoms with van der Waals surface area (Å²) in [6, 6.07) is 7.74. The molecule has 70 valence electrons. The first kappa shape index (κ1) is 10.3. The average Bonchev–Trinajstić information content (AvgIpc) is 2.04. The van der Waals surface area contributed by atoms with Gasteiger partial charge in [0.2, 0.25) is 0 Å². The van der Waals surface area contributed by atoms with Gasteiger partial charge in [0, 0.05) is 11.5 Å². The van der Waals surface area contributed by atoms with E-state index >= 15 is 0 Å². The number of aryl methyl sites for hydroxylation is 1. The van der Waals surface area contributed by atoms with E-state index in [-0.39, 0.29) is 0 Å². The number of halogens is 1. The monoisotopic (exact) mass is 196 g/mol. The lowest BCUT2D eigenvalue weighted by molar-refractivity contribution is 0.180. The molecule has 1 aromatic rings. The molecule has 13 heavy (non-hydrogen) atoms. The Morgan fingerprint density at radius 2 is 2.00 bits per heavy atom. The number of hydrogen-bond donors (Lipinski definition) is 1. The summed E-state index contributed by atoms with van der Waals surface area (Å²) in [7, 11) is 0. The molecule has 1 unspecified atom stereocenters. The van der Waals surface area contributed by atoms with Crippen molar-refractivity contribution in [1.82, 2.24) is 0 Å². The lowest BCUT2D eigenvalue weighted by Gasteiger charge is -2.09. The van der Waals surface area contributed by atoms with Crippen molar-refractivity contribution in [1.29, 1.82) is 0 Å². The maximum atomic E-state index is 9.64. The predicted octanol–water partition coefficient (Wildman–Crippen LogP) is 3.17. The molecule has 2 heteroatoms. The fourth-order valence-electron chi connectivity index (χ4n) is 1.12. The molecule has 0 spiro atoms. The molecule has 0 amide bonds. The van der Waals surface area contributed by atoms with E-state index in [1.807, 2.05) is 31.2 Å². The molecule has 0 saturated heterocycles. The molecule has 1 aromatic carbocycles. The quantitative estimate of drug-likeness (QED) is 0.788. The van der Waals surface area contributed by atoms with Crippen molar-refractivity contribution in [3.8, 4) is 0 Å². The minimum absolute atomic E-state index is 0.407. The van der Waals surface area contributed by atoms with Gasteiger partial charge in [-0.15, -0.1) is 0 Å². The molecular formula is C11H13ClO. The maximum Gasteiger partial charge on any atom is 0.0838 e. The summed E-state index contributed by atoms with van der Waals surface area (Å²) in [6.07, 6.45) is -0.129. The Bertz CT molecular complexity index is 289. The first-order valence-corrected chi connectivity index (χ1v) is 4.55. The summed E-state index contributed by atoms with van der Waals surface area (Å²) in [5, 5.41) is 10.1. The van der Waals surface area contributed by atoms with Crippen LogP contribution in [0.1, 0.15) is 23.7 Å². The first-order chi connectivity index (χ1) is 6.09. The second-order valence-corrected chi connectivity index (χ2v) is 3.68. The van der Waals surface area contributed by atoms with Gasteiger partial charge in [-0.1, -0.05) is 48.0 Å². The van der Waals surface area contributed by atoms with E-state index in [0.717, 1.165) is 5.56 Å². The molecule has 0 fully saturated rings. The van der Waals surface area contributed by atoms with Gasteiger partial charge in [-0.3, -0.25) is 0 Å². The molecule has 1 N–H and O–H groups in total. The third-order valence-electron chi connectivity index (χ3n) is 1.88. The summed E-state index contributed by atoms with van der Waals surface area (Å²) < 4.78 is 0. The molecule has 1 nitrogen and oxygen atoms in total. The van der Waals surface area contributed by atoms with Crippen LogP contribution >= 0.6 is 11.6 Å². The lowest BCUT2D eigenvalue weighted by atomic mass is 10.1. The van der Waals surface area contributed by atoms with Gasteiger partial charge in [-0.25, -0.2) is 0 Å². The Kier molecular flexibility index (Phi) is 3.52. The van der Waals surface area contributed by atoms with Crippen molar-refractivity contribution >= 4 is 11.6 Å². The second kappa shape index (κ2) is 4.45. The van der Waals surface area contributed by atoms with E-state index in [9.17, 15) is 5.11 Å². The third-order valence-corrected chi connectivity index (χ3v) is 2.03. The van der Waals surface area contributed by atoms with Gasteiger partial charge in [0.1, 0.15) is 0 Å². The largest absolute Gasteiger partial charge is 0.388 e. The number of aliphatic hydroxyl groups is 1. The molecule has 1 atom stereocenters. The van der Waals surface area contributed by atoms with E-state index < -0.39 is 6.10 Å². The van der Waals surface area contributed by atoms with Crippen LogP contribution in [0.3, 0.4) is 0 Å². The highest BCUT2D eigenvalue weighted by Crippen LogP contribution is 2.21. The van der Waals surface area contributed by atoms with Crippen molar-refractivity contribution in [2.45, 2.75) is 19.4 Å². The average molecular weight is 197 g/mol. The Hall–Kier alpha value is -0.790. The zero-order valence-corrected chi connectivity index (χ0v) is 8.38. The highest BCUT2D eigenvalue weighted by atomic mass is 35.5. The molecule has 0 aliphatic heterocycles. The van der Waals surface area contributed by atoms with Gasteiger partial charge < -0.3 is 5.11 Å². The van der Waals surface area contributed by atoms with Crippen LogP contribution in [0.4, 0.5) is 0 Å². The van der Waals surface area contributed by atoms with Crippen LogP contribution in [0.25, 0.3) is 0 Å². The molecule has 0 aliphatic rings. The first-order valence-electron chi connectivity index (χ1n) is 4.17. The highest BCUT2D eigenvalue weighted by molar-refractivity contribution is 6.29. The molecule has 0 radical (unpaired) electrons. The normalized spacial score (nSPS) is 12.5. The van der Waals surface area contributed by atoms with Gasteiger partial charge >= 0.3 is 0 Å². The zero-order valence-electron chi connectivity index (χ0n) is 7.63. The van der Waals surface area contributed by atoms with Crippen molar-refractivity contribution < 1.29 is 5.11 Å². The van der Waals surface area contributed by atoms with Gasteiger partial charge in [0.25, 0.3) is 0 Å². The third kappa shape index (κ3) is 3.21. The fourth-order valence-corrected chi connectivity index (χ4v) is 1.26. The summed E-state index contributed by atoms with van der Waals surface area (Å²) in [5.74, 6) is 0.